The summed E-state index contributed by atoms with van der Waals surface area (Å²) < 4.78 is 27.1. The number of nitrogens with one attached hydrogen (secondary N) is 1. The summed E-state index contributed by atoms with van der Waals surface area (Å²) in [7, 11) is 3.35. The number of fused-ring (bicyclic) bond motifs is 2. The van der Waals surface area contributed by atoms with E-state index in [-0.39, 0.29) is 19.1 Å². The van der Waals surface area contributed by atoms with Crippen molar-refractivity contribution in [1.29, 1.82) is 0 Å². The lowest BCUT2D eigenvalue weighted by atomic mass is 9.90. The molecule has 0 aliphatic carbocycles. The number of hydrogen-bond donors (Lipinski definition) is 1. The SMILES string of the molecule is COc1nn(C)cc1-c1cnc2cnc(CNC(=O)c3ccc4c(c3)[C@](C)(F)COC4)cc2n1. The second-order valence-corrected chi connectivity index (χ2v) is 8.39. The number of rotatable bonds is 5. The fourth-order valence-electron chi connectivity index (χ4n) is 4.01. The molecular formula is C24H23FN6O3. The number of hydrogen-bond acceptors (Lipinski definition) is 7. The van der Waals surface area contributed by atoms with E-state index in [0.29, 0.717) is 46.0 Å². The Hall–Kier alpha value is -3.92. The molecular weight excluding hydrogens is 439 g/mol. The van der Waals surface area contributed by atoms with Crippen LogP contribution in [-0.4, -0.2) is 44.4 Å². The van der Waals surface area contributed by atoms with E-state index in [1.54, 1.807) is 55.5 Å². The molecule has 1 aromatic carbocycles. The lowest BCUT2D eigenvalue weighted by molar-refractivity contribution is -0.00467. The van der Waals surface area contributed by atoms with E-state index in [9.17, 15) is 9.18 Å². The number of methoxy groups -OCH3 is 1. The zero-order chi connectivity index (χ0) is 23.9. The normalized spacial score (nSPS) is 17.4. The van der Waals surface area contributed by atoms with Crippen molar-refractivity contribution in [3.05, 3.63) is 65.2 Å². The van der Waals surface area contributed by atoms with E-state index in [0.717, 1.165) is 11.1 Å². The molecule has 0 saturated heterocycles. The van der Waals surface area contributed by atoms with Crippen LogP contribution in [0.4, 0.5) is 4.39 Å². The minimum absolute atomic E-state index is 0.0278. The molecule has 4 aromatic rings. The number of aryl methyl sites for hydroxylation is 1. The number of pyridine rings is 1. The highest BCUT2D eigenvalue weighted by Gasteiger charge is 2.33. The molecule has 174 valence electrons. The van der Waals surface area contributed by atoms with E-state index in [1.165, 1.54) is 6.92 Å². The van der Waals surface area contributed by atoms with Crippen molar-refractivity contribution in [2.24, 2.45) is 7.05 Å². The van der Waals surface area contributed by atoms with Gasteiger partial charge in [-0.15, -0.1) is 5.10 Å². The van der Waals surface area contributed by atoms with Gasteiger partial charge in [0.15, 0.2) is 5.67 Å². The summed E-state index contributed by atoms with van der Waals surface area (Å²) in [6, 6.07) is 6.78. The molecule has 0 unspecified atom stereocenters. The zero-order valence-corrected chi connectivity index (χ0v) is 19.0. The van der Waals surface area contributed by atoms with Crippen LogP contribution in [0.3, 0.4) is 0 Å². The van der Waals surface area contributed by atoms with Crippen LogP contribution >= 0.6 is 0 Å². The second kappa shape index (κ2) is 8.45. The number of carbonyl (C=O) groups excluding carboxylic acids is 1. The lowest BCUT2D eigenvalue weighted by Crippen LogP contribution is -2.30. The number of amides is 1. The number of benzene rings is 1. The number of aromatic nitrogens is 5. The molecule has 1 amide bonds. The molecule has 0 fully saturated rings. The van der Waals surface area contributed by atoms with Crippen LogP contribution in [0.25, 0.3) is 22.3 Å². The number of ether oxygens (including phenoxy) is 2. The van der Waals surface area contributed by atoms with Gasteiger partial charge in [0, 0.05) is 18.8 Å². The van der Waals surface area contributed by atoms with Gasteiger partial charge in [0.25, 0.3) is 5.91 Å². The fraction of sp³-hybridized carbons (Fsp3) is 0.292. The van der Waals surface area contributed by atoms with E-state index >= 15 is 0 Å². The molecule has 1 aliphatic heterocycles. The highest BCUT2D eigenvalue weighted by molar-refractivity contribution is 5.94. The van der Waals surface area contributed by atoms with Crippen molar-refractivity contribution < 1.29 is 18.7 Å². The Bertz CT molecular complexity index is 1400. The van der Waals surface area contributed by atoms with Crippen molar-refractivity contribution in [2.75, 3.05) is 13.7 Å². The first-order chi connectivity index (χ1) is 16.3. The van der Waals surface area contributed by atoms with Gasteiger partial charge in [0.05, 0.1) is 61.7 Å². The van der Waals surface area contributed by atoms with E-state index in [2.05, 4.69) is 25.4 Å². The average Bonchev–Trinajstić information content (AvgIpc) is 3.22. The maximum absolute atomic E-state index is 14.8. The summed E-state index contributed by atoms with van der Waals surface area (Å²) in [5, 5.41) is 7.10. The zero-order valence-electron chi connectivity index (χ0n) is 19.0. The van der Waals surface area contributed by atoms with Crippen molar-refractivity contribution in [2.45, 2.75) is 25.7 Å². The topological polar surface area (TPSA) is 104 Å². The van der Waals surface area contributed by atoms with E-state index < -0.39 is 5.67 Å². The Balaban J connectivity index is 1.35. The molecule has 5 rings (SSSR count). The van der Waals surface area contributed by atoms with Gasteiger partial charge in [-0.3, -0.25) is 19.4 Å². The summed E-state index contributed by atoms with van der Waals surface area (Å²) in [5.74, 6) is 0.144. The standard InChI is InChI=1S/C24H23FN6O3/c1-24(25)13-34-12-15-5-4-14(6-18(15)24)22(32)28-8-16-7-19-21(10-26-16)27-9-20(29-19)17-11-31(2)30-23(17)33-3/h4-7,9-11H,8,12-13H2,1-3H3,(H,28,32)/t24-/m1/s1. The van der Waals surface area contributed by atoms with Crippen LogP contribution in [0.5, 0.6) is 5.88 Å². The van der Waals surface area contributed by atoms with Crippen molar-refractivity contribution in [3.8, 4) is 17.1 Å². The molecule has 1 N–H and O–H groups in total. The summed E-state index contributed by atoms with van der Waals surface area (Å²) in [5.41, 5.74) is 3.22. The van der Waals surface area contributed by atoms with Gasteiger partial charge in [-0.1, -0.05) is 6.07 Å². The maximum atomic E-state index is 14.8. The summed E-state index contributed by atoms with van der Waals surface area (Å²) >= 11 is 0. The van der Waals surface area contributed by atoms with Crippen molar-refractivity contribution in [1.82, 2.24) is 30.0 Å². The Kier molecular flexibility index (Phi) is 5.45. The fourth-order valence-corrected chi connectivity index (χ4v) is 4.01. The Morgan fingerprint density at radius 1 is 1.26 bits per heavy atom. The van der Waals surface area contributed by atoms with Gasteiger partial charge in [-0.25, -0.2) is 9.37 Å². The lowest BCUT2D eigenvalue weighted by Gasteiger charge is -2.29. The van der Waals surface area contributed by atoms with E-state index in [1.807, 2.05) is 6.20 Å². The first-order valence-corrected chi connectivity index (χ1v) is 10.7. The molecule has 0 radical (unpaired) electrons. The summed E-state index contributed by atoms with van der Waals surface area (Å²) in [6.07, 6.45) is 5.07. The van der Waals surface area contributed by atoms with Crippen molar-refractivity contribution >= 4 is 16.9 Å². The van der Waals surface area contributed by atoms with Crippen LogP contribution in [0.15, 0.2) is 42.9 Å². The molecule has 1 atom stereocenters. The van der Waals surface area contributed by atoms with Crippen LogP contribution < -0.4 is 10.1 Å². The number of carbonyl (C=O) groups is 1. The predicted octanol–water partition coefficient (Wildman–Crippen LogP) is 3.08. The van der Waals surface area contributed by atoms with Gasteiger partial charge in [0.2, 0.25) is 5.88 Å². The molecule has 10 heteroatoms. The predicted molar refractivity (Wildman–Crippen MR) is 122 cm³/mol. The molecule has 34 heavy (non-hydrogen) atoms. The van der Waals surface area contributed by atoms with Gasteiger partial charge >= 0.3 is 0 Å². The Labute approximate surface area is 195 Å². The first kappa shape index (κ1) is 21.9. The number of nitrogens with zero attached hydrogens (tertiary/aromatic N) is 5. The van der Waals surface area contributed by atoms with Crippen molar-refractivity contribution in [3.63, 3.8) is 0 Å². The van der Waals surface area contributed by atoms with Crippen LogP contribution in [-0.2, 0) is 30.6 Å². The van der Waals surface area contributed by atoms with Gasteiger partial charge in [-0.05, 0) is 36.2 Å². The highest BCUT2D eigenvalue weighted by atomic mass is 19.1. The Morgan fingerprint density at radius 2 is 2.12 bits per heavy atom. The van der Waals surface area contributed by atoms with Gasteiger partial charge in [-0.2, -0.15) is 0 Å². The molecule has 0 spiro atoms. The summed E-state index contributed by atoms with van der Waals surface area (Å²) in [4.78, 5) is 26.2. The van der Waals surface area contributed by atoms with E-state index in [4.69, 9.17) is 9.47 Å². The average molecular weight is 462 g/mol. The third-order valence-corrected chi connectivity index (χ3v) is 5.74. The number of alkyl halides is 1. The second-order valence-electron chi connectivity index (χ2n) is 8.39. The van der Waals surface area contributed by atoms with Gasteiger partial charge in [0.1, 0.15) is 5.52 Å². The third-order valence-electron chi connectivity index (χ3n) is 5.74. The molecule has 1 aliphatic rings. The molecule has 4 heterocycles. The summed E-state index contributed by atoms with van der Waals surface area (Å²) in [6.45, 7) is 1.96. The molecule has 0 bridgehead atoms. The molecule has 0 saturated carbocycles. The highest BCUT2D eigenvalue weighted by Crippen LogP contribution is 2.34. The third kappa shape index (κ3) is 4.08. The first-order valence-electron chi connectivity index (χ1n) is 10.7. The largest absolute Gasteiger partial charge is 0.479 e. The van der Waals surface area contributed by atoms with Crippen LogP contribution in [0, 0.1) is 0 Å². The minimum atomic E-state index is -1.63. The van der Waals surface area contributed by atoms with Crippen LogP contribution in [0.2, 0.25) is 0 Å². The quantitative estimate of drug-likeness (QED) is 0.486. The van der Waals surface area contributed by atoms with Crippen LogP contribution in [0.1, 0.15) is 34.1 Å². The smallest absolute Gasteiger partial charge is 0.251 e. The maximum Gasteiger partial charge on any atom is 0.251 e. The Morgan fingerprint density at radius 3 is 2.94 bits per heavy atom. The molecule has 3 aromatic heterocycles. The molecule has 9 nitrogen and oxygen atoms in total. The monoisotopic (exact) mass is 462 g/mol. The minimum Gasteiger partial charge on any atom is -0.479 e. The number of halogens is 1. The van der Waals surface area contributed by atoms with Gasteiger partial charge < -0.3 is 14.8 Å².